The molecule has 0 aliphatic heterocycles. The molecule has 0 fully saturated rings. The standard InChI is InChI=1S/C15H30O3/c1-3-5-6-7-8-9-10-11-12-13-18-15(16)14-17-4-2/h3-14H2,1-2H3. The van der Waals surface area contributed by atoms with Gasteiger partial charge in [-0.2, -0.15) is 0 Å². The van der Waals surface area contributed by atoms with Crippen molar-refractivity contribution in [3.8, 4) is 0 Å². The van der Waals surface area contributed by atoms with Crippen molar-refractivity contribution >= 4 is 5.97 Å². The van der Waals surface area contributed by atoms with Gasteiger partial charge in [-0.1, -0.05) is 58.3 Å². The monoisotopic (exact) mass is 258 g/mol. The van der Waals surface area contributed by atoms with Gasteiger partial charge in [-0.25, -0.2) is 4.79 Å². The van der Waals surface area contributed by atoms with Gasteiger partial charge in [-0.05, 0) is 13.3 Å². The Hall–Kier alpha value is -0.570. The highest BCUT2D eigenvalue weighted by molar-refractivity contribution is 5.70. The van der Waals surface area contributed by atoms with E-state index in [0.717, 1.165) is 12.8 Å². The van der Waals surface area contributed by atoms with Gasteiger partial charge in [0.05, 0.1) is 6.61 Å². The average Bonchev–Trinajstić information content (AvgIpc) is 2.38. The van der Waals surface area contributed by atoms with E-state index in [1.54, 1.807) is 0 Å². The Bertz CT molecular complexity index is 181. The van der Waals surface area contributed by atoms with E-state index in [-0.39, 0.29) is 12.6 Å². The molecular weight excluding hydrogens is 228 g/mol. The Morgan fingerprint density at radius 3 is 1.94 bits per heavy atom. The summed E-state index contributed by atoms with van der Waals surface area (Å²) in [5.74, 6) is -0.239. The second-order valence-electron chi connectivity index (χ2n) is 4.69. The van der Waals surface area contributed by atoms with E-state index in [4.69, 9.17) is 9.47 Å². The van der Waals surface area contributed by atoms with Crippen molar-refractivity contribution in [3.05, 3.63) is 0 Å². The molecule has 0 aromatic carbocycles. The first-order valence-electron chi connectivity index (χ1n) is 7.54. The molecule has 108 valence electrons. The molecular formula is C15H30O3. The Labute approximate surface area is 112 Å². The van der Waals surface area contributed by atoms with Crippen LogP contribution in [0.2, 0.25) is 0 Å². The van der Waals surface area contributed by atoms with Crippen LogP contribution in [-0.2, 0) is 14.3 Å². The maximum absolute atomic E-state index is 11.1. The number of carbonyl (C=O) groups excluding carboxylic acids is 1. The SMILES string of the molecule is CCCCCCCCCCCOC(=O)COCC. The first-order valence-corrected chi connectivity index (χ1v) is 7.54. The van der Waals surface area contributed by atoms with E-state index >= 15 is 0 Å². The highest BCUT2D eigenvalue weighted by atomic mass is 16.6. The molecule has 0 unspecified atom stereocenters. The summed E-state index contributed by atoms with van der Waals surface area (Å²) in [6, 6.07) is 0. The first-order chi connectivity index (χ1) is 8.81. The van der Waals surface area contributed by atoms with Gasteiger partial charge in [0.2, 0.25) is 0 Å². The normalized spacial score (nSPS) is 10.6. The number of carbonyl (C=O) groups is 1. The number of esters is 1. The molecule has 0 saturated heterocycles. The van der Waals surface area contributed by atoms with E-state index in [9.17, 15) is 4.79 Å². The summed E-state index contributed by atoms with van der Waals surface area (Å²) in [6.45, 7) is 5.31. The zero-order chi connectivity index (χ0) is 13.5. The lowest BCUT2D eigenvalue weighted by atomic mass is 10.1. The van der Waals surface area contributed by atoms with E-state index in [0.29, 0.717) is 13.2 Å². The quantitative estimate of drug-likeness (QED) is 0.368. The van der Waals surface area contributed by atoms with E-state index < -0.39 is 0 Å². The van der Waals surface area contributed by atoms with Gasteiger partial charge in [0, 0.05) is 6.61 Å². The van der Waals surface area contributed by atoms with Crippen molar-refractivity contribution in [1.29, 1.82) is 0 Å². The second kappa shape index (κ2) is 14.5. The van der Waals surface area contributed by atoms with Crippen molar-refractivity contribution in [2.75, 3.05) is 19.8 Å². The maximum atomic E-state index is 11.1. The molecule has 0 saturated carbocycles. The Morgan fingerprint density at radius 1 is 0.833 bits per heavy atom. The Kier molecular flexibility index (Phi) is 14.0. The third-order valence-electron chi connectivity index (χ3n) is 2.93. The van der Waals surface area contributed by atoms with Crippen LogP contribution in [0.15, 0.2) is 0 Å². The van der Waals surface area contributed by atoms with E-state index in [1.165, 1.54) is 44.9 Å². The van der Waals surface area contributed by atoms with Crippen LogP contribution in [-0.4, -0.2) is 25.8 Å². The van der Waals surface area contributed by atoms with Crippen molar-refractivity contribution in [3.63, 3.8) is 0 Å². The maximum Gasteiger partial charge on any atom is 0.332 e. The molecule has 0 N–H and O–H groups in total. The molecule has 0 amide bonds. The van der Waals surface area contributed by atoms with Crippen LogP contribution in [0.25, 0.3) is 0 Å². The topological polar surface area (TPSA) is 35.5 Å². The number of hydrogen-bond acceptors (Lipinski definition) is 3. The third kappa shape index (κ3) is 13.5. The first kappa shape index (κ1) is 17.4. The lowest BCUT2D eigenvalue weighted by Gasteiger charge is -2.05. The lowest BCUT2D eigenvalue weighted by Crippen LogP contribution is -2.13. The fourth-order valence-electron chi connectivity index (χ4n) is 1.83. The van der Waals surface area contributed by atoms with Gasteiger partial charge in [-0.3, -0.25) is 0 Å². The van der Waals surface area contributed by atoms with Crippen LogP contribution in [0, 0.1) is 0 Å². The fourth-order valence-corrected chi connectivity index (χ4v) is 1.83. The molecule has 0 aromatic heterocycles. The number of rotatable bonds is 13. The molecule has 0 aliphatic rings. The molecule has 18 heavy (non-hydrogen) atoms. The summed E-state index contributed by atoms with van der Waals surface area (Å²) in [4.78, 5) is 11.1. The summed E-state index contributed by atoms with van der Waals surface area (Å²) in [6.07, 6.45) is 11.5. The number of hydrogen-bond donors (Lipinski definition) is 0. The van der Waals surface area contributed by atoms with Crippen molar-refractivity contribution in [2.24, 2.45) is 0 Å². The molecule has 0 heterocycles. The summed E-state index contributed by atoms with van der Waals surface area (Å²) in [7, 11) is 0. The minimum atomic E-state index is -0.239. The number of ether oxygens (including phenoxy) is 2. The van der Waals surface area contributed by atoms with Gasteiger partial charge in [0.1, 0.15) is 6.61 Å². The molecule has 3 heteroatoms. The summed E-state index contributed by atoms with van der Waals surface area (Å²) in [5.41, 5.74) is 0. The average molecular weight is 258 g/mol. The lowest BCUT2D eigenvalue weighted by molar-refractivity contribution is -0.148. The molecule has 0 spiro atoms. The van der Waals surface area contributed by atoms with Crippen LogP contribution in [0.4, 0.5) is 0 Å². The predicted octanol–water partition coefficient (Wildman–Crippen LogP) is 4.10. The van der Waals surface area contributed by atoms with E-state index in [2.05, 4.69) is 6.92 Å². The van der Waals surface area contributed by atoms with Crippen molar-refractivity contribution < 1.29 is 14.3 Å². The smallest absolute Gasteiger partial charge is 0.332 e. The zero-order valence-electron chi connectivity index (χ0n) is 12.2. The third-order valence-corrected chi connectivity index (χ3v) is 2.93. The summed E-state index contributed by atoms with van der Waals surface area (Å²) < 4.78 is 10.0. The molecule has 0 aromatic rings. The van der Waals surface area contributed by atoms with Crippen LogP contribution in [0.5, 0.6) is 0 Å². The molecule has 3 nitrogen and oxygen atoms in total. The Balaban J connectivity index is 3.04. The summed E-state index contributed by atoms with van der Waals surface area (Å²) in [5, 5.41) is 0. The van der Waals surface area contributed by atoms with Crippen LogP contribution in [0.1, 0.15) is 71.6 Å². The fraction of sp³-hybridized carbons (Fsp3) is 0.933. The minimum absolute atomic E-state index is 0.0912. The van der Waals surface area contributed by atoms with Gasteiger partial charge in [-0.15, -0.1) is 0 Å². The van der Waals surface area contributed by atoms with Crippen molar-refractivity contribution in [2.45, 2.75) is 71.6 Å². The van der Waals surface area contributed by atoms with Crippen LogP contribution >= 0.6 is 0 Å². The van der Waals surface area contributed by atoms with Gasteiger partial charge >= 0.3 is 5.97 Å². The molecule has 0 rings (SSSR count). The van der Waals surface area contributed by atoms with Gasteiger partial charge < -0.3 is 9.47 Å². The molecule has 0 radical (unpaired) electrons. The Morgan fingerprint density at radius 2 is 1.39 bits per heavy atom. The van der Waals surface area contributed by atoms with Gasteiger partial charge in [0.15, 0.2) is 0 Å². The van der Waals surface area contributed by atoms with Crippen molar-refractivity contribution in [1.82, 2.24) is 0 Å². The van der Waals surface area contributed by atoms with Gasteiger partial charge in [0.25, 0.3) is 0 Å². The highest BCUT2D eigenvalue weighted by Gasteiger charge is 2.01. The van der Waals surface area contributed by atoms with Crippen LogP contribution in [0.3, 0.4) is 0 Å². The second-order valence-corrected chi connectivity index (χ2v) is 4.69. The largest absolute Gasteiger partial charge is 0.464 e. The molecule has 0 atom stereocenters. The zero-order valence-corrected chi connectivity index (χ0v) is 12.2. The van der Waals surface area contributed by atoms with Crippen LogP contribution < -0.4 is 0 Å². The molecule has 0 aliphatic carbocycles. The highest BCUT2D eigenvalue weighted by Crippen LogP contribution is 2.09. The number of unbranched alkanes of at least 4 members (excludes halogenated alkanes) is 8. The molecule has 0 bridgehead atoms. The predicted molar refractivity (Wildman–Crippen MR) is 74.7 cm³/mol. The summed E-state index contributed by atoms with van der Waals surface area (Å²) >= 11 is 0. The van der Waals surface area contributed by atoms with E-state index in [1.807, 2.05) is 6.92 Å². The minimum Gasteiger partial charge on any atom is -0.464 e.